The van der Waals surface area contributed by atoms with Gasteiger partial charge in [0.1, 0.15) is 34.9 Å². The molecule has 8 heteroatoms. The molecule has 1 fully saturated rings. The van der Waals surface area contributed by atoms with Crippen LogP contribution in [0.2, 0.25) is 5.02 Å². The molecule has 0 saturated carbocycles. The second kappa shape index (κ2) is 10.2. The summed E-state index contributed by atoms with van der Waals surface area (Å²) in [6.45, 7) is 8.10. The summed E-state index contributed by atoms with van der Waals surface area (Å²) in [6.07, 6.45) is 2.96. The molecule has 0 bridgehead atoms. The molecule has 2 aromatic carbocycles. The third kappa shape index (κ3) is 6.09. The predicted octanol–water partition coefficient (Wildman–Crippen LogP) is 6.40. The zero-order chi connectivity index (χ0) is 26.8. The normalized spacial score (nSPS) is 16.3. The maximum Gasteiger partial charge on any atom is 0.251 e. The number of hydrogen-bond acceptors (Lipinski definition) is 6. The van der Waals surface area contributed by atoms with Crippen LogP contribution in [0, 0.1) is 22.7 Å². The molecule has 1 amide bonds. The molecule has 1 aliphatic rings. The molecule has 0 atom stereocenters. The Hall–Kier alpha value is -3.91. The van der Waals surface area contributed by atoms with E-state index in [4.69, 9.17) is 26.3 Å². The Kier molecular flexibility index (Phi) is 7.23. The highest BCUT2D eigenvalue weighted by atomic mass is 35.5. The Morgan fingerprint density at radius 1 is 1.05 bits per heavy atom. The van der Waals surface area contributed by atoms with E-state index >= 15 is 0 Å². The minimum absolute atomic E-state index is 0.0291. The molecule has 4 rings (SSSR count). The third-order valence-electron chi connectivity index (χ3n) is 6.10. The number of amides is 1. The van der Waals surface area contributed by atoms with E-state index in [1.165, 1.54) is 0 Å². The van der Waals surface area contributed by atoms with Crippen LogP contribution in [0.4, 0.5) is 0 Å². The molecule has 1 aromatic heterocycles. The molecule has 0 radical (unpaired) electrons. The minimum Gasteiger partial charge on any atom is -0.454 e. The van der Waals surface area contributed by atoms with Crippen LogP contribution >= 0.6 is 11.6 Å². The number of rotatable bonds is 5. The molecular formula is C29H27ClN4O3. The summed E-state index contributed by atoms with van der Waals surface area (Å²) >= 11 is 6.49. The second-order valence-corrected chi connectivity index (χ2v) is 10.7. The van der Waals surface area contributed by atoms with Gasteiger partial charge < -0.3 is 14.8 Å². The van der Waals surface area contributed by atoms with Crippen LogP contribution in [0.15, 0.2) is 54.7 Å². The highest BCUT2D eigenvalue weighted by molar-refractivity contribution is 6.32. The van der Waals surface area contributed by atoms with Crippen molar-refractivity contribution < 1.29 is 14.3 Å². The van der Waals surface area contributed by atoms with Crippen molar-refractivity contribution in [3.05, 3.63) is 76.6 Å². The molecule has 188 valence electrons. The van der Waals surface area contributed by atoms with Crippen LogP contribution in [0.5, 0.6) is 11.5 Å². The summed E-state index contributed by atoms with van der Waals surface area (Å²) in [6, 6.07) is 17.5. The van der Waals surface area contributed by atoms with Gasteiger partial charge in [-0.1, -0.05) is 23.7 Å². The topological polar surface area (TPSA) is 108 Å². The fourth-order valence-electron chi connectivity index (χ4n) is 4.90. The zero-order valence-electron chi connectivity index (χ0n) is 21.1. The second-order valence-electron chi connectivity index (χ2n) is 10.3. The van der Waals surface area contributed by atoms with Crippen molar-refractivity contribution in [2.45, 2.75) is 57.8 Å². The summed E-state index contributed by atoms with van der Waals surface area (Å²) < 4.78 is 12.1. The number of nitrogens with one attached hydrogen (secondary N) is 1. The Bertz CT molecular complexity index is 1400. The maximum atomic E-state index is 13.0. The van der Waals surface area contributed by atoms with Gasteiger partial charge in [-0.25, -0.2) is 4.98 Å². The van der Waals surface area contributed by atoms with Crippen molar-refractivity contribution in [1.29, 1.82) is 10.5 Å². The van der Waals surface area contributed by atoms with Gasteiger partial charge in [0.2, 0.25) is 0 Å². The molecule has 0 aliphatic carbocycles. The van der Waals surface area contributed by atoms with E-state index in [0.717, 1.165) is 0 Å². The van der Waals surface area contributed by atoms with E-state index in [0.29, 0.717) is 46.6 Å². The molecule has 0 unspecified atom stereocenters. The molecular weight excluding hydrogens is 488 g/mol. The average Bonchev–Trinajstić information content (AvgIpc) is 2.83. The Morgan fingerprint density at radius 2 is 1.78 bits per heavy atom. The highest BCUT2D eigenvalue weighted by Crippen LogP contribution is 2.37. The van der Waals surface area contributed by atoms with Crippen molar-refractivity contribution in [1.82, 2.24) is 10.3 Å². The number of ether oxygens (including phenoxy) is 2. The summed E-state index contributed by atoms with van der Waals surface area (Å²) in [4.78, 5) is 17.1. The quantitative estimate of drug-likeness (QED) is 0.421. The number of nitriles is 2. The maximum absolute atomic E-state index is 13.0. The van der Waals surface area contributed by atoms with Crippen LogP contribution in [-0.2, 0) is 4.74 Å². The fourth-order valence-corrected chi connectivity index (χ4v) is 5.11. The van der Waals surface area contributed by atoms with E-state index in [-0.39, 0.29) is 33.9 Å². The molecule has 3 aromatic rings. The SMILES string of the molecule is CC1(C)CC(NC(=O)c2ccc(Oc3cccc(-c4ccc(C#N)nc4)c3C#N)c(Cl)c2)CC(C)(C)O1. The minimum atomic E-state index is -0.337. The Labute approximate surface area is 221 Å². The first kappa shape index (κ1) is 26.2. The van der Waals surface area contributed by atoms with E-state index in [1.54, 1.807) is 54.7 Å². The standard InChI is InChI=1S/C29H27ClN4O3/c1-28(2)13-21(14-29(3,4)37-28)34-27(35)18-9-11-26(24(30)12-18)36-25-7-5-6-22(23(25)16-32)19-8-10-20(15-31)33-17-19/h5-12,17,21H,13-14H2,1-4H3,(H,34,35). The van der Waals surface area contributed by atoms with Crippen LogP contribution in [0.25, 0.3) is 11.1 Å². The van der Waals surface area contributed by atoms with Gasteiger partial charge in [-0.3, -0.25) is 4.79 Å². The lowest BCUT2D eigenvalue weighted by molar-refractivity contribution is -0.162. The first-order chi connectivity index (χ1) is 17.5. The number of carbonyl (C=O) groups is 1. The first-order valence-electron chi connectivity index (χ1n) is 11.9. The van der Waals surface area contributed by atoms with Crippen LogP contribution in [0.3, 0.4) is 0 Å². The molecule has 1 aliphatic heterocycles. The monoisotopic (exact) mass is 514 g/mol. The van der Waals surface area contributed by atoms with Crippen molar-refractivity contribution in [2.24, 2.45) is 0 Å². The highest BCUT2D eigenvalue weighted by Gasteiger charge is 2.39. The molecule has 1 N–H and O–H groups in total. The number of hydrogen-bond donors (Lipinski definition) is 1. The summed E-state index contributed by atoms with van der Waals surface area (Å²) in [7, 11) is 0. The fraction of sp³-hybridized carbons (Fsp3) is 0.310. The lowest BCUT2D eigenvalue weighted by atomic mass is 9.85. The summed E-state index contributed by atoms with van der Waals surface area (Å²) in [5.41, 5.74) is 1.62. The number of pyridine rings is 1. The number of carbonyl (C=O) groups excluding carboxylic acids is 1. The van der Waals surface area contributed by atoms with Gasteiger partial charge in [-0.15, -0.1) is 0 Å². The number of halogens is 1. The van der Waals surface area contributed by atoms with Gasteiger partial charge in [-0.2, -0.15) is 10.5 Å². The molecule has 1 saturated heterocycles. The van der Waals surface area contributed by atoms with Gasteiger partial charge in [0.05, 0.1) is 16.2 Å². The van der Waals surface area contributed by atoms with E-state index in [2.05, 4.69) is 16.4 Å². The van der Waals surface area contributed by atoms with Crippen LogP contribution in [-0.4, -0.2) is 28.1 Å². The lowest BCUT2D eigenvalue weighted by Gasteiger charge is -2.45. The Morgan fingerprint density at radius 3 is 2.38 bits per heavy atom. The van der Waals surface area contributed by atoms with Gasteiger partial charge in [0, 0.05) is 28.9 Å². The molecule has 0 spiro atoms. The van der Waals surface area contributed by atoms with E-state index in [1.807, 2.05) is 33.8 Å². The number of aromatic nitrogens is 1. The molecule has 37 heavy (non-hydrogen) atoms. The number of nitrogens with zero attached hydrogens (tertiary/aromatic N) is 3. The third-order valence-corrected chi connectivity index (χ3v) is 6.40. The number of benzene rings is 2. The summed E-state index contributed by atoms with van der Waals surface area (Å²) in [5, 5.41) is 22.2. The first-order valence-corrected chi connectivity index (χ1v) is 12.3. The van der Waals surface area contributed by atoms with Crippen molar-refractivity contribution in [3.8, 4) is 34.8 Å². The smallest absolute Gasteiger partial charge is 0.251 e. The average molecular weight is 515 g/mol. The van der Waals surface area contributed by atoms with E-state index < -0.39 is 0 Å². The van der Waals surface area contributed by atoms with Crippen LogP contribution < -0.4 is 10.1 Å². The van der Waals surface area contributed by atoms with Gasteiger partial charge in [-0.05, 0) is 76.9 Å². The van der Waals surface area contributed by atoms with Crippen molar-refractivity contribution >= 4 is 17.5 Å². The molecule has 7 nitrogen and oxygen atoms in total. The van der Waals surface area contributed by atoms with Crippen LogP contribution in [0.1, 0.15) is 62.2 Å². The van der Waals surface area contributed by atoms with Crippen molar-refractivity contribution in [3.63, 3.8) is 0 Å². The Balaban J connectivity index is 1.53. The van der Waals surface area contributed by atoms with E-state index in [9.17, 15) is 10.1 Å². The van der Waals surface area contributed by atoms with Crippen molar-refractivity contribution in [2.75, 3.05) is 0 Å². The lowest BCUT2D eigenvalue weighted by Crippen LogP contribution is -2.52. The van der Waals surface area contributed by atoms with Gasteiger partial charge >= 0.3 is 0 Å². The summed E-state index contributed by atoms with van der Waals surface area (Å²) in [5.74, 6) is 0.410. The van der Waals surface area contributed by atoms with Gasteiger partial charge in [0.25, 0.3) is 5.91 Å². The van der Waals surface area contributed by atoms with Gasteiger partial charge in [0.15, 0.2) is 0 Å². The zero-order valence-corrected chi connectivity index (χ0v) is 21.9. The predicted molar refractivity (Wildman–Crippen MR) is 140 cm³/mol. The largest absolute Gasteiger partial charge is 0.454 e. The molecule has 2 heterocycles.